The van der Waals surface area contributed by atoms with Crippen LogP contribution in [0, 0.1) is 0 Å². The van der Waals surface area contributed by atoms with E-state index in [4.69, 9.17) is 4.74 Å². The maximum atomic E-state index is 12.4. The number of anilines is 2. The van der Waals surface area contributed by atoms with Crippen molar-refractivity contribution in [3.05, 3.63) is 70.7 Å². The number of hydrogen-bond acceptors (Lipinski definition) is 5. The quantitative estimate of drug-likeness (QED) is 0.666. The van der Waals surface area contributed by atoms with Gasteiger partial charge in [0.15, 0.2) is 5.82 Å². The van der Waals surface area contributed by atoms with E-state index in [-0.39, 0.29) is 5.91 Å². The number of amides is 1. The van der Waals surface area contributed by atoms with Gasteiger partial charge in [0.2, 0.25) is 0 Å². The molecule has 0 spiro atoms. The molecule has 2 heterocycles. The Bertz CT molecular complexity index is 955. The Morgan fingerprint density at radius 3 is 2.39 bits per heavy atom. The first-order valence-electron chi connectivity index (χ1n) is 9.03. The number of benzene rings is 2. The molecule has 2 aromatic carbocycles. The molecule has 0 unspecified atom stereocenters. The molecule has 1 aliphatic rings. The van der Waals surface area contributed by atoms with E-state index in [1.165, 1.54) is 0 Å². The van der Waals surface area contributed by atoms with Crippen molar-refractivity contribution in [2.45, 2.75) is 0 Å². The van der Waals surface area contributed by atoms with E-state index in [2.05, 4.69) is 36.3 Å². The molecule has 0 atom stereocenters. The fourth-order valence-electron chi connectivity index (χ4n) is 3.01. The number of carbonyl (C=O) groups is 1. The fraction of sp³-hybridized carbons (Fsp3) is 0.190. The fourth-order valence-corrected chi connectivity index (χ4v) is 3.47. The Morgan fingerprint density at radius 1 is 0.964 bits per heavy atom. The molecule has 4 rings (SSSR count). The van der Waals surface area contributed by atoms with Crippen LogP contribution >= 0.6 is 15.9 Å². The second-order valence-electron chi connectivity index (χ2n) is 6.39. The minimum absolute atomic E-state index is 0.158. The lowest BCUT2D eigenvalue weighted by molar-refractivity contribution is 0.102. The van der Waals surface area contributed by atoms with Crippen molar-refractivity contribution in [3.8, 4) is 11.3 Å². The van der Waals surface area contributed by atoms with Gasteiger partial charge in [-0.25, -0.2) is 0 Å². The van der Waals surface area contributed by atoms with Crippen LogP contribution < -0.4 is 10.2 Å². The Kier molecular flexibility index (Phi) is 5.64. The average Bonchev–Trinajstić information content (AvgIpc) is 2.75. The minimum Gasteiger partial charge on any atom is -0.378 e. The van der Waals surface area contributed by atoms with Crippen molar-refractivity contribution in [1.29, 1.82) is 0 Å². The van der Waals surface area contributed by atoms with Gasteiger partial charge in [-0.1, -0.05) is 24.3 Å². The van der Waals surface area contributed by atoms with E-state index >= 15 is 0 Å². The molecule has 1 saturated heterocycles. The minimum atomic E-state index is -0.158. The molecule has 0 radical (unpaired) electrons. The Morgan fingerprint density at radius 2 is 1.71 bits per heavy atom. The van der Waals surface area contributed by atoms with Gasteiger partial charge >= 0.3 is 0 Å². The van der Waals surface area contributed by atoms with Gasteiger partial charge in [-0.2, -0.15) is 0 Å². The standard InChI is InChI=1S/C21H19BrN4O2/c22-18-4-2-1-3-17(18)21(27)23-16-7-5-15(6-8-16)19-9-10-20(25-24-19)26-11-13-28-14-12-26/h1-10H,11-14H2,(H,23,27). The van der Waals surface area contributed by atoms with Crippen molar-refractivity contribution >= 4 is 33.3 Å². The highest BCUT2D eigenvalue weighted by molar-refractivity contribution is 9.10. The van der Waals surface area contributed by atoms with Crippen LogP contribution in [0.4, 0.5) is 11.5 Å². The number of ether oxygens (including phenoxy) is 1. The average molecular weight is 439 g/mol. The van der Waals surface area contributed by atoms with Crippen LogP contribution in [0.3, 0.4) is 0 Å². The van der Waals surface area contributed by atoms with E-state index in [0.717, 1.165) is 53.5 Å². The number of hydrogen-bond donors (Lipinski definition) is 1. The van der Waals surface area contributed by atoms with E-state index in [1.807, 2.05) is 54.6 Å². The van der Waals surface area contributed by atoms with Crippen molar-refractivity contribution < 1.29 is 9.53 Å². The number of rotatable bonds is 4. The molecule has 6 nitrogen and oxygen atoms in total. The van der Waals surface area contributed by atoms with Gasteiger partial charge in [-0.3, -0.25) is 4.79 Å². The summed E-state index contributed by atoms with van der Waals surface area (Å²) in [5, 5.41) is 11.6. The highest BCUT2D eigenvalue weighted by Gasteiger charge is 2.13. The van der Waals surface area contributed by atoms with Crippen LogP contribution in [0.1, 0.15) is 10.4 Å². The molecule has 1 fully saturated rings. The first-order valence-corrected chi connectivity index (χ1v) is 9.83. The molecule has 1 aromatic heterocycles. The topological polar surface area (TPSA) is 67.4 Å². The first-order chi connectivity index (χ1) is 13.7. The van der Waals surface area contributed by atoms with Gasteiger partial charge in [0.25, 0.3) is 5.91 Å². The Labute approximate surface area is 171 Å². The molecule has 0 saturated carbocycles. The number of halogens is 1. The zero-order chi connectivity index (χ0) is 19.3. The lowest BCUT2D eigenvalue weighted by Gasteiger charge is -2.27. The second-order valence-corrected chi connectivity index (χ2v) is 7.24. The maximum absolute atomic E-state index is 12.4. The molecule has 28 heavy (non-hydrogen) atoms. The van der Waals surface area contributed by atoms with Crippen LogP contribution in [0.25, 0.3) is 11.3 Å². The number of morpholine rings is 1. The summed E-state index contributed by atoms with van der Waals surface area (Å²) in [6.07, 6.45) is 0. The summed E-state index contributed by atoms with van der Waals surface area (Å²) in [6, 6.07) is 18.9. The number of nitrogens with zero attached hydrogens (tertiary/aromatic N) is 3. The SMILES string of the molecule is O=C(Nc1ccc(-c2ccc(N3CCOCC3)nn2)cc1)c1ccccc1Br. The van der Waals surface area contributed by atoms with E-state index < -0.39 is 0 Å². The summed E-state index contributed by atoms with van der Waals surface area (Å²) < 4.78 is 6.13. The van der Waals surface area contributed by atoms with Gasteiger partial charge in [0.05, 0.1) is 24.5 Å². The van der Waals surface area contributed by atoms with Gasteiger partial charge < -0.3 is 15.0 Å². The monoisotopic (exact) mass is 438 g/mol. The zero-order valence-electron chi connectivity index (χ0n) is 15.1. The molecule has 1 amide bonds. The lowest BCUT2D eigenvalue weighted by atomic mass is 10.1. The van der Waals surface area contributed by atoms with Gasteiger partial charge in [0, 0.05) is 28.8 Å². The van der Waals surface area contributed by atoms with Gasteiger partial charge in [-0.05, 0) is 52.3 Å². The first kappa shape index (κ1) is 18.6. The Balaban J connectivity index is 1.44. The third-order valence-corrected chi connectivity index (χ3v) is 5.23. The van der Waals surface area contributed by atoms with Gasteiger partial charge in [-0.15, -0.1) is 10.2 Å². The molecule has 142 valence electrons. The number of carbonyl (C=O) groups excluding carboxylic acids is 1. The Hall–Kier alpha value is -2.77. The molecule has 0 aliphatic carbocycles. The number of aromatic nitrogens is 2. The third kappa shape index (κ3) is 4.21. The van der Waals surface area contributed by atoms with Crippen molar-refractivity contribution in [2.24, 2.45) is 0 Å². The van der Waals surface area contributed by atoms with Crippen LogP contribution in [-0.2, 0) is 4.74 Å². The van der Waals surface area contributed by atoms with E-state index in [0.29, 0.717) is 5.56 Å². The molecule has 0 bridgehead atoms. The maximum Gasteiger partial charge on any atom is 0.256 e. The smallest absolute Gasteiger partial charge is 0.256 e. The highest BCUT2D eigenvalue weighted by Crippen LogP contribution is 2.22. The van der Waals surface area contributed by atoms with Crippen LogP contribution in [0.15, 0.2) is 65.1 Å². The molecule has 7 heteroatoms. The van der Waals surface area contributed by atoms with Gasteiger partial charge in [0.1, 0.15) is 0 Å². The summed E-state index contributed by atoms with van der Waals surface area (Å²) in [4.78, 5) is 14.6. The zero-order valence-corrected chi connectivity index (χ0v) is 16.7. The molecule has 1 N–H and O–H groups in total. The summed E-state index contributed by atoms with van der Waals surface area (Å²) in [6.45, 7) is 3.10. The summed E-state index contributed by atoms with van der Waals surface area (Å²) in [7, 11) is 0. The normalized spacial score (nSPS) is 14.0. The van der Waals surface area contributed by atoms with Crippen LogP contribution in [0.5, 0.6) is 0 Å². The summed E-state index contributed by atoms with van der Waals surface area (Å²) in [5.74, 6) is 0.708. The van der Waals surface area contributed by atoms with E-state index in [1.54, 1.807) is 6.07 Å². The predicted octanol–water partition coefficient (Wildman–Crippen LogP) is 4.00. The predicted molar refractivity (Wildman–Crippen MR) is 113 cm³/mol. The van der Waals surface area contributed by atoms with Crippen LogP contribution in [0.2, 0.25) is 0 Å². The summed E-state index contributed by atoms with van der Waals surface area (Å²) in [5.41, 5.74) is 3.05. The van der Waals surface area contributed by atoms with Crippen molar-refractivity contribution in [3.63, 3.8) is 0 Å². The largest absolute Gasteiger partial charge is 0.378 e. The molecule has 1 aliphatic heterocycles. The van der Waals surface area contributed by atoms with E-state index in [9.17, 15) is 4.79 Å². The molecular formula is C21H19BrN4O2. The molecular weight excluding hydrogens is 420 g/mol. The van der Waals surface area contributed by atoms with Crippen molar-refractivity contribution in [2.75, 3.05) is 36.5 Å². The number of nitrogens with one attached hydrogen (secondary N) is 1. The second kappa shape index (κ2) is 8.50. The van der Waals surface area contributed by atoms with Crippen LogP contribution in [-0.4, -0.2) is 42.4 Å². The lowest BCUT2D eigenvalue weighted by Crippen LogP contribution is -2.36. The summed E-state index contributed by atoms with van der Waals surface area (Å²) >= 11 is 3.40. The highest BCUT2D eigenvalue weighted by atomic mass is 79.9. The third-order valence-electron chi connectivity index (χ3n) is 4.54. The van der Waals surface area contributed by atoms with Crippen molar-refractivity contribution in [1.82, 2.24) is 10.2 Å². The molecule has 3 aromatic rings.